The van der Waals surface area contributed by atoms with Crippen LogP contribution in [0.15, 0.2) is 0 Å². The van der Waals surface area contributed by atoms with Gasteiger partial charge in [-0.2, -0.15) is 0 Å². The molecule has 0 spiro atoms. The minimum Gasteiger partial charge on any atom is -0.479 e. The van der Waals surface area contributed by atoms with Crippen molar-refractivity contribution in [1.82, 2.24) is 0 Å². The molecule has 0 radical (unpaired) electrons. The van der Waals surface area contributed by atoms with E-state index in [0.29, 0.717) is 0 Å². The van der Waals surface area contributed by atoms with E-state index in [9.17, 15) is 9.59 Å². The maximum atomic E-state index is 10.7. The third kappa shape index (κ3) is 2.00. The zero-order chi connectivity index (χ0) is 11.1. The molecule has 0 saturated carbocycles. The monoisotopic (exact) mass is 154 g/mol. The molecule has 0 aromatic rings. The topological polar surface area (TPSA) is 115 Å². The lowest BCUT2D eigenvalue weighted by molar-refractivity contribution is -0.165. The van der Waals surface area contributed by atoms with Gasteiger partial charge in [-0.25, -0.2) is 9.59 Å². The molecule has 2 atom stereocenters. The minimum absolute atomic E-state index is 1.41. The number of aliphatic hydroxyl groups excluding tert-OH is 2. The highest BCUT2D eigenvalue weighted by atomic mass is 16.4. The lowest BCUT2D eigenvalue weighted by atomic mass is 10.2. The Morgan fingerprint density at radius 2 is 1.50 bits per heavy atom. The predicted octanol–water partition coefficient (Wildman–Crippen LogP) is -2.12. The highest BCUT2D eigenvalue weighted by molar-refractivity contribution is 5.82. The summed E-state index contributed by atoms with van der Waals surface area (Å²) in [7, 11) is 0. The van der Waals surface area contributed by atoms with E-state index in [-0.39, 0.29) is 0 Å². The molecule has 0 rings (SSSR count). The lowest BCUT2D eigenvalue weighted by Crippen LogP contribution is -2.39. The molecular formula is C4H6O6. The summed E-state index contributed by atoms with van der Waals surface area (Å²) in [6.45, 7) is 0. The van der Waals surface area contributed by atoms with Gasteiger partial charge in [-0.05, 0) is 0 Å². The zero-order valence-electron chi connectivity index (χ0n) is 8.60. The molecular weight excluding hydrogens is 144 g/mol. The van der Waals surface area contributed by atoms with Crippen LogP contribution in [0.4, 0.5) is 0 Å². The number of aliphatic carboxylic acids is 2. The molecule has 0 bridgehead atoms. The summed E-state index contributed by atoms with van der Waals surface area (Å²) in [4.78, 5) is 21.4. The van der Waals surface area contributed by atoms with Crippen LogP contribution in [0.25, 0.3) is 2.86 Å². The van der Waals surface area contributed by atoms with Gasteiger partial charge in [0.1, 0.15) is 0 Å². The first-order valence-electron chi connectivity index (χ1n) is 3.83. The predicted molar refractivity (Wildman–Crippen MR) is 27.3 cm³/mol. The molecule has 0 aromatic carbocycles. The van der Waals surface area contributed by atoms with Crippen LogP contribution >= 0.6 is 0 Å². The van der Waals surface area contributed by atoms with Crippen LogP contribution in [0.1, 0.15) is 0 Å². The van der Waals surface area contributed by atoms with Crippen molar-refractivity contribution < 1.29 is 30.0 Å². The minimum atomic E-state index is -1.94. The molecule has 6 nitrogen and oxygen atoms in total. The van der Waals surface area contributed by atoms with E-state index >= 15 is 0 Å². The van der Waals surface area contributed by atoms with Crippen LogP contribution in [0.2, 0.25) is 0 Å². The SMILES string of the molecule is [2H]OC(=O)[C@H](O[2H])[C@@H](O[2H])C(=O)O[2H]. The Balaban J connectivity index is 4.60. The number of carbonyl (C=O) groups is 2. The number of aliphatic hydroxyl groups is 2. The van der Waals surface area contributed by atoms with Crippen molar-refractivity contribution in [2.45, 2.75) is 12.2 Å². The Bertz CT molecular complexity index is 188. The van der Waals surface area contributed by atoms with Gasteiger partial charge in [0.25, 0.3) is 2.86 Å². The van der Waals surface area contributed by atoms with Crippen LogP contribution in [-0.4, -0.2) is 47.4 Å². The molecule has 0 aliphatic carbocycles. The molecule has 0 fully saturated rings. The lowest BCUT2D eigenvalue weighted by Gasteiger charge is -2.07. The van der Waals surface area contributed by atoms with Crippen molar-refractivity contribution in [3.8, 4) is 0 Å². The van der Waals surface area contributed by atoms with E-state index in [0.717, 1.165) is 0 Å². The van der Waals surface area contributed by atoms with Gasteiger partial charge in [0.2, 0.25) is 2.86 Å². The molecule has 10 heavy (non-hydrogen) atoms. The smallest absolute Gasteiger partial charge is 0.335 e. The average Bonchev–Trinajstić information content (AvgIpc) is 2.23. The third-order valence-corrected chi connectivity index (χ3v) is 0.740. The fourth-order valence-corrected chi connectivity index (χ4v) is 0.247. The molecule has 6 heteroatoms. The summed E-state index contributed by atoms with van der Waals surface area (Å²) in [5, 5.41) is 14.2. The summed E-state index contributed by atoms with van der Waals surface area (Å²) in [5.74, 6) is -2.83. The fourth-order valence-electron chi connectivity index (χ4n) is 0.247. The Kier molecular flexibility index (Phi) is 1.22. The second kappa shape index (κ2) is 3.14. The molecule has 0 aliphatic heterocycles. The average molecular weight is 154 g/mol. The van der Waals surface area contributed by atoms with Gasteiger partial charge in [0.15, 0.2) is 12.2 Å². The van der Waals surface area contributed by atoms with E-state index in [2.05, 4.69) is 20.4 Å². The summed E-state index contributed by atoms with van der Waals surface area (Å²) >= 11 is 0. The standard InChI is InChI=1S/C4H6O6/c5-1(3(7)8)2(6)4(9)10/h1-2,5-6H,(H,7,8)(H,9,10)/t1-,2-/m1/s1/i5D,6D/hD2. The number of hydrogen-bond acceptors (Lipinski definition) is 6. The van der Waals surface area contributed by atoms with Crippen molar-refractivity contribution in [2.75, 3.05) is 0 Å². The van der Waals surface area contributed by atoms with Crippen LogP contribution in [-0.2, 0) is 9.59 Å². The molecule has 4 N–H and O–H groups in total. The highest BCUT2D eigenvalue weighted by Gasteiger charge is 2.29. The van der Waals surface area contributed by atoms with E-state index < -0.39 is 24.1 Å². The Labute approximate surface area is 61.3 Å². The highest BCUT2D eigenvalue weighted by Crippen LogP contribution is 1.92. The van der Waals surface area contributed by atoms with Gasteiger partial charge in [0, 0.05) is 0 Å². The molecule has 0 aliphatic rings. The largest absolute Gasteiger partial charge is 0.479 e. The first-order valence-corrected chi connectivity index (χ1v) is 2.20. The summed E-state index contributed by atoms with van der Waals surface area (Å²) in [6.07, 6.45) is -3.88. The maximum Gasteiger partial charge on any atom is 0.335 e. The van der Waals surface area contributed by atoms with Crippen LogP contribution in [0, 0.1) is 0 Å². The van der Waals surface area contributed by atoms with Gasteiger partial charge in [0.05, 0.1) is 0 Å². The van der Waals surface area contributed by atoms with E-state index in [4.69, 9.17) is 5.72 Å². The first-order chi connectivity index (χ1) is 6.62. The molecule has 0 saturated heterocycles. The number of carboxylic acids is 2. The van der Waals surface area contributed by atoms with Crippen molar-refractivity contribution in [2.24, 2.45) is 0 Å². The normalized spacial score (nSPS) is 20.4. The summed E-state index contributed by atoms with van der Waals surface area (Å²) < 4.78 is 25.1. The van der Waals surface area contributed by atoms with Crippen molar-refractivity contribution in [1.29, 1.82) is 5.72 Å². The van der Waals surface area contributed by atoms with Crippen molar-refractivity contribution in [3.63, 3.8) is 0 Å². The van der Waals surface area contributed by atoms with Gasteiger partial charge in [-0.3, -0.25) is 0 Å². The maximum absolute atomic E-state index is 10.7. The molecule has 0 amide bonds. The van der Waals surface area contributed by atoms with Crippen molar-refractivity contribution in [3.05, 3.63) is 0 Å². The Hall–Kier alpha value is -1.14. The van der Waals surface area contributed by atoms with Gasteiger partial charge in [-0.1, -0.05) is 0 Å². The van der Waals surface area contributed by atoms with E-state index in [1.807, 2.05) is 0 Å². The molecule has 0 heterocycles. The first kappa shape index (κ1) is 3.89. The molecule has 0 aromatic heterocycles. The fraction of sp³-hybridized carbons (Fsp3) is 0.500. The number of rotatable bonds is 5. The Morgan fingerprint density at radius 1 is 1.10 bits per heavy atom. The third-order valence-electron chi connectivity index (χ3n) is 0.740. The number of carboxylic acid groups (broad SMARTS) is 2. The van der Waals surface area contributed by atoms with Crippen LogP contribution < -0.4 is 0 Å². The van der Waals surface area contributed by atoms with Crippen LogP contribution in [0.3, 0.4) is 0 Å². The summed E-state index contributed by atoms with van der Waals surface area (Å²) in [5.41, 5.74) is 0. The second-order valence-electron chi connectivity index (χ2n) is 1.48. The second-order valence-corrected chi connectivity index (χ2v) is 1.48. The quantitative estimate of drug-likeness (QED) is 0.360. The molecule has 58 valence electrons. The Morgan fingerprint density at radius 3 is 1.70 bits per heavy atom. The van der Waals surface area contributed by atoms with Gasteiger partial charge < -0.3 is 20.4 Å². The summed E-state index contributed by atoms with van der Waals surface area (Å²) in [6, 6.07) is 0. The van der Waals surface area contributed by atoms with Crippen molar-refractivity contribution >= 4 is 11.9 Å². The van der Waals surface area contributed by atoms with E-state index in [1.165, 1.54) is 0 Å². The molecule has 0 unspecified atom stereocenters. The van der Waals surface area contributed by atoms with Crippen LogP contribution in [0.5, 0.6) is 0 Å². The van der Waals surface area contributed by atoms with Gasteiger partial charge in [-0.15, -0.1) is 0 Å². The zero-order valence-corrected chi connectivity index (χ0v) is 4.60. The number of hydrogen-bond donors (Lipinski definition) is 4. The van der Waals surface area contributed by atoms with Gasteiger partial charge >= 0.3 is 11.9 Å². The van der Waals surface area contributed by atoms with E-state index in [1.54, 1.807) is 0 Å².